The molecule has 0 amide bonds. The molecule has 0 spiro atoms. The third-order valence-electron chi connectivity index (χ3n) is 11.6. The van der Waals surface area contributed by atoms with Crippen molar-refractivity contribution in [2.24, 2.45) is 0 Å². The Morgan fingerprint density at radius 2 is 0.627 bits per heavy atom. The highest BCUT2D eigenvalue weighted by Crippen LogP contribution is 2.41. The number of rotatable bonds is 8. The fourth-order valence-electron chi connectivity index (χ4n) is 8.34. The van der Waals surface area contributed by atoms with Gasteiger partial charge >= 0.3 is 0 Å². The average molecular weight is 1420 g/mol. The molecule has 9 heteroatoms. The second-order valence-electron chi connectivity index (χ2n) is 15.8. The van der Waals surface area contributed by atoms with Gasteiger partial charge in [-0.2, -0.15) is 0 Å². The zero-order chi connectivity index (χ0) is 46.2. The van der Waals surface area contributed by atoms with Crippen LogP contribution in [0.15, 0.2) is 200 Å². The summed E-state index contributed by atoms with van der Waals surface area (Å²) >= 11 is 11.8. The molecule has 0 atom stereocenters. The van der Waals surface area contributed by atoms with Crippen molar-refractivity contribution < 1.29 is 9.59 Å². The quantitative estimate of drug-likeness (QED) is 0.112. The number of fused-ring (bicyclic) bond motifs is 2. The maximum atomic E-state index is 13.8. The fourth-order valence-corrected chi connectivity index (χ4v) is 10.4. The monoisotopic (exact) mass is 1420 g/mol. The first-order valence-electron chi connectivity index (χ1n) is 21.1. The lowest BCUT2D eigenvalue weighted by Gasteiger charge is -2.26. The van der Waals surface area contributed by atoms with E-state index in [-0.39, 0.29) is 11.6 Å². The molecule has 0 radical (unpaired) electrons. The minimum absolute atomic E-state index is 0.149. The topological polar surface area (TPSA) is 40.6 Å². The maximum Gasteiger partial charge on any atom is 0.194 e. The van der Waals surface area contributed by atoms with Crippen LogP contribution in [0.4, 0.5) is 34.1 Å². The third kappa shape index (κ3) is 9.74. The number of anilines is 6. The Labute approximate surface area is 457 Å². The third-order valence-corrected chi connectivity index (χ3v) is 15.1. The molecule has 0 fully saturated rings. The second kappa shape index (κ2) is 20.0. The van der Waals surface area contributed by atoms with Gasteiger partial charge in [0.1, 0.15) is 0 Å². The van der Waals surface area contributed by atoms with Crippen molar-refractivity contribution in [2.45, 2.75) is 0 Å². The largest absolute Gasteiger partial charge is 0.311 e. The molecule has 10 rings (SSSR count). The summed E-state index contributed by atoms with van der Waals surface area (Å²) in [5.41, 5.74) is 13.5. The zero-order valence-electron chi connectivity index (χ0n) is 35.2. The van der Waals surface area contributed by atoms with Crippen LogP contribution in [0, 0.1) is 29.7 Å². The molecule has 0 aliphatic heterocycles. The summed E-state index contributed by atoms with van der Waals surface area (Å²) in [6, 6.07) is 68.4. The molecule has 0 saturated carbocycles. The number of carbonyl (C=O) groups is 2. The van der Waals surface area contributed by atoms with Crippen LogP contribution in [0.5, 0.6) is 0 Å². The van der Waals surface area contributed by atoms with E-state index in [1.807, 2.05) is 6.07 Å². The van der Waals surface area contributed by atoms with E-state index in [4.69, 9.17) is 0 Å². The Kier molecular flexibility index (Phi) is 13.7. The van der Waals surface area contributed by atoms with Gasteiger partial charge in [-0.25, -0.2) is 0 Å². The van der Waals surface area contributed by atoms with Gasteiger partial charge in [0.25, 0.3) is 0 Å². The first-order valence-corrected chi connectivity index (χ1v) is 26.5. The summed E-state index contributed by atoms with van der Waals surface area (Å²) in [4.78, 5) is 31.8. The number of hydrogen-bond donors (Lipinski definition) is 0. The van der Waals surface area contributed by atoms with E-state index in [2.05, 4.69) is 292 Å². The van der Waals surface area contributed by atoms with Crippen molar-refractivity contribution in [1.82, 2.24) is 0 Å². The second-order valence-corrected chi connectivity index (χ2v) is 22.0. The molecular weight excluding hydrogens is 1390 g/mol. The predicted octanol–water partition coefficient (Wildman–Crippen LogP) is 17.2. The zero-order valence-corrected chi connectivity index (χ0v) is 45.9. The molecule has 0 heterocycles. The smallest absolute Gasteiger partial charge is 0.194 e. The first-order chi connectivity index (χ1) is 32.6. The lowest BCUT2D eigenvalue weighted by Crippen LogP contribution is -2.20. The minimum Gasteiger partial charge on any atom is -0.311 e. The van der Waals surface area contributed by atoms with Crippen molar-refractivity contribution in [3.8, 4) is 34.1 Å². The Bertz CT molecular complexity index is 3170. The van der Waals surface area contributed by atoms with Gasteiger partial charge in [-0.05, 0) is 287 Å². The van der Waals surface area contributed by atoms with Gasteiger partial charge < -0.3 is 9.80 Å². The van der Waals surface area contributed by atoms with Crippen LogP contribution in [-0.4, -0.2) is 11.6 Å². The molecular formula is C58H33I5N2O2. The lowest BCUT2D eigenvalue weighted by atomic mass is 9.83. The number of ketones is 2. The maximum absolute atomic E-state index is 13.8. The van der Waals surface area contributed by atoms with E-state index in [1.165, 1.54) is 14.3 Å². The summed E-state index contributed by atoms with van der Waals surface area (Å²) in [6.45, 7) is 0. The number of nitrogens with zero attached hydrogens (tertiary/aromatic N) is 2. The first kappa shape index (κ1) is 45.9. The van der Waals surface area contributed by atoms with Crippen LogP contribution >= 0.6 is 113 Å². The Balaban J connectivity index is 1.09. The van der Waals surface area contributed by atoms with E-state index in [9.17, 15) is 9.59 Å². The average Bonchev–Trinajstić information content (AvgIpc) is 3.35. The van der Waals surface area contributed by atoms with Crippen molar-refractivity contribution in [2.75, 3.05) is 9.80 Å². The molecule has 0 N–H and O–H groups in total. The highest BCUT2D eigenvalue weighted by molar-refractivity contribution is 14.1. The van der Waals surface area contributed by atoms with Gasteiger partial charge in [-0.3, -0.25) is 9.59 Å². The van der Waals surface area contributed by atoms with Crippen LogP contribution in [0.25, 0.3) is 22.3 Å². The van der Waals surface area contributed by atoms with Gasteiger partial charge in [0.2, 0.25) is 0 Å². The van der Waals surface area contributed by atoms with Gasteiger partial charge in [0.05, 0.1) is 0 Å². The fraction of sp³-hybridized carbons (Fsp3) is 0. The number of benzene rings is 9. The van der Waals surface area contributed by atoms with Crippen LogP contribution in [0.1, 0.15) is 43.0 Å². The summed E-state index contributed by atoms with van der Waals surface area (Å²) in [5.74, 6) is 6.72. The minimum atomic E-state index is -0.168. The summed E-state index contributed by atoms with van der Waals surface area (Å²) in [6.07, 6.45) is 0. The van der Waals surface area contributed by atoms with Crippen LogP contribution < -0.4 is 9.80 Å². The van der Waals surface area contributed by atoms with Crippen molar-refractivity contribution in [1.29, 1.82) is 0 Å². The highest BCUT2D eigenvalue weighted by Gasteiger charge is 2.29. The Hall–Kier alpha value is -4.87. The molecule has 322 valence electrons. The predicted molar refractivity (Wildman–Crippen MR) is 316 cm³/mol. The van der Waals surface area contributed by atoms with E-state index in [1.54, 1.807) is 36.4 Å². The molecule has 1 aliphatic carbocycles. The summed E-state index contributed by atoms with van der Waals surface area (Å²) < 4.78 is 5.76. The Morgan fingerprint density at radius 3 is 1.00 bits per heavy atom. The SMILES string of the molecule is O=C1c2ccccc2C(=O)c2cc(C#Cc3c(-c4ccc(N(c5ccc(I)cc5)c5ccc(I)cc5)cc4)cc(I)cc3-c3ccc(N(c4ccc(I)cc4)c4ccc(I)cc4)cc3)ccc21. The van der Waals surface area contributed by atoms with Crippen molar-refractivity contribution in [3.63, 3.8) is 0 Å². The lowest BCUT2D eigenvalue weighted by molar-refractivity contribution is 0.0979. The molecule has 0 saturated heterocycles. The number of halogens is 5. The molecule has 67 heavy (non-hydrogen) atoms. The standard InChI is InChI=1S/C58H33I5N2O2/c59-39-11-23-46(24-12-39)64(47-25-13-40(60)14-26-47)44-19-7-37(8-20-44)54-34-43(63)35-55(50(54)31-5-36-6-32-53-56(33-36)58(67)52-4-2-1-3-51(52)57(53)66)38-9-21-45(22-10-38)65(48-27-15-41(61)16-28-48)49-29-17-42(62)18-30-49/h1-4,6-30,32-35H. The van der Waals surface area contributed by atoms with Crippen LogP contribution in [0.3, 0.4) is 0 Å². The molecule has 4 nitrogen and oxygen atoms in total. The van der Waals surface area contributed by atoms with Crippen molar-refractivity contribution >= 4 is 159 Å². The van der Waals surface area contributed by atoms with Crippen LogP contribution in [0.2, 0.25) is 0 Å². The van der Waals surface area contributed by atoms with E-state index in [0.29, 0.717) is 27.8 Å². The highest BCUT2D eigenvalue weighted by atomic mass is 127. The normalized spacial score (nSPS) is 11.6. The van der Waals surface area contributed by atoms with E-state index in [0.717, 1.165) is 65.5 Å². The molecule has 0 aromatic heterocycles. The van der Waals surface area contributed by atoms with E-state index >= 15 is 0 Å². The molecule has 0 unspecified atom stereocenters. The van der Waals surface area contributed by atoms with Gasteiger partial charge in [-0.15, -0.1) is 0 Å². The summed E-state index contributed by atoms with van der Waals surface area (Å²) in [5, 5.41) is 0. The molecule has 1 aliphatic rings. The van der Waals surface area contributed by atoms with Crippen LogP contribution in [-0.2, 0) is 0 Å². The summed E-state index contributed by atoms with van der Waals surface area (Å²) in [7, 11) is 0. The molecule has 0 bridgehead atoms. The van der Waals surface area contributed by atoms with E-state index < -0.39 is 0 Å². The molecule has 9 aromatic rings. The van der Waals surface area contributed by atoms with Crippen molar-refractivity contribution in [3.05, 3.63) is 251 Å². The number of carbonyl (C=O) groups excluding carboxylic acids is 2. The Morgan fingerprint density at radius 1 is 0.299 bits per heavy atom. The molecule has 9 aromatic carbocycles. The van der Waals surface area contributed by atoms with Gasteiger partial charge in [-0.1, -0.05) is 60.4 Å². The van der Waals surface area contributed by atoms with Gasteiger partial charge in [0, 0.05) is 85.4 Å². The number of hydrogen-bond acceptors (Lipinski definition) is 4. The van der Waals surface area contributed by atoms with Gasteiger partial charge in [0.15, 0.2) is 11.6 Å².